The minimum atomic E-state index is -0.487. The van der Waals surface area contributed by atoms with Gasteiger partial charge in [0.1, 0.15) is 11.8 Å². The molecule has 4 heterocycles. The molecule has 0 saturated carbocycles. The molecule has 144 valence electrons. The molecule has 7 nitrogen and oxygen atoms in total. The number of nitrogens with zero attached hydrogens (tertiary/aromatic N) is 3. The fourth-order valence-corrected chi connectivity index (χ4v) is 3.69. The summed E-state index contributed by atoms with van der Waals surface area (Å²) < 4.78 is 12.2. The molecule has 1 aliphatic heterocycles. The Kier molecular flexibility index (Phi) is 4.52. The number of anilines is 1. The summed E-state index contributed by atoms with van der Waals surface area (Å²) in [6.45, 7) is 9.03. The number of hydrogen-bond donors (Lipinski definition) is 2. The van der Waals surface area contributed by atoms with Crippen LogP contribution in [-0.4, -0.2) is 38.3 Å². The molecule has 0 radical (unpaired) electrons. The Bertz CT molecular complexity index is 994. The van der Waals surface area contributed by atoms with Crippen molar-refractivity contribution in [1.29, 1.82) is 0 Å². The zero-order valence-electron chi connectivity index (χ0n) is 16.3. The van der Waals surface area contributed by atoms with Gasteiger partial charge in [0.2, 0.25) is 5.71 Å². The molecule has 0 spiro atoms. The Labute approximate surface area is 158 Å². The number of hydrogen-bond acceptors (Lipinski definition) is 7. The molecule has 1 atom stereocenters. The summed E-state index contributed by atoms with van der Waals surface area (Å²) in [7, 11) is 0. The highest BCUT2D eigenvalue weighted by molar-refractivity contribution is 6.06. The second-order valence-corrected chi connectivity index (χ2v) is 7.90. The first kappa shape index (κ1) is 18.1. The van der Waals surface area contributed by atoms with Crippen molar-refractivity contribution in [3.05, 3.63) is 23.1 Å². The van der Waals surface area contributed by atoms with E-state index in [4.69, 9.17) is 14.1 Å². The van der Waals surface area contributed by atoms with E-state index < -0.39 is 6.10 Å². The average Bonchev–Trinajstić information content (AvgIpc) is 2.98. The monoisotopic (exact) mass is 370 g/mol. The number of nitrogens with one attached hydrogen (secondary N) is 1. The Hall–Kier alpha value is -2.25. The van der Waals surface area contributed by atoms with Gasteiger partial charge in [-0.3, -0.25) is 0 Å². The van der Waals surface area contributed by atoms with Gasteiger partial charge < -0.3 is 19.6 Å². The van der Waals surface area contributed by atoms with E-state index in [2.05, 4.69) is 36.1 Å². The normalized spacial score (nSPS) is 17.2. The molecule has 7 heteroatoms. The van der Waals surface area contributed by atoms with E-state index in [0.29, 0.717) is 30.3 Å². The number of rotatable bonds is 5. The highest BCUT2D eigenvalue weighted by Crippen LogP contribution is 2.39. The number of fused-ring (bicyclic) bond motifs is 5. The number of aliphatic hydroxyl groups is 1. The Balaban J connectivity index is 1.96. The molecule has 0 amide bonds. The van der Waals surface area contributed by atoms with Crippen molar-refractivity contribution in [2.24, 2.45) is 0 Å². The molecule has 3 aromatic rings. The molecule has 0 bridgehead atoms. The second-order valence-electron chi connectivity index (χ2n) is 7.90. The molecule has 0 aromatic carbocycles. The highest BCUT2D eigenvalue weighted by atomic mass is 16.5. The lowest BCUT2D eigenvalue weighted by molar-refractivity contribution is -0.0401. The summed E-state index contributed by atoms with van der Waals surface area (Å²) in [5, 5.41) is 13.7. The van der Waals surface area contributed by atoms with E-state index in [1.165, 1.54) is 17.5 Å². The summed E-state index contributed by atoms with van der Waals surface area (Å²) in [6, 6.07) is 0. The fraction of sp³-hybridized carbons (Fsp3) is 0.550. The molecule has 0 aliphatic carbocycles. The lowest BCUT2D eigenvalue weighted by Gasteiger charge is -2.33. The van der Waals surface area contributed by atoms with Crippen LogP contribution in [0.25, 0.3) is 22.2 Å². The maximum Gasteiger partial charge on any atom is 0.229 e. The molecule has 0 fully saturated rings. The number of aryl methyl sites for hydroxylation is 1. The van der Waals surface area contributed by atoms with Gasteiger partial charge in [0, 0.05) is 18.5 Å². The van der Waals surface area contributed by atoms with Gasteiger partial charge in [0.25, 0.3) is 0 Å². The third-order valence-electron chi connectivity index (χ3n) is 4.97. The first-order chi connectivity index (χ1) is 12.9. The quantitative estimate of drug-likeness (QED) is 0.711. The van der Waals surface area contributed by atoms with Crippen LogP contribution in [0.2, 0.25) is 0 Å². The van der Waals surface area contributed by atoms with Gasteiger partial charge in [-0.15, -0.1) is 0 Å². The second kappa shape index (κ2) is 6.73. The van der Waals surface area contributed by atoms with Gasteiger partial charge in [-0.25, -0.2) is 15.0 Å². The van der Waals surface area contributed by atoms with Crippen molar-refractivity contribution in [2.75, 3.05) is 11.9 Å². The fourth-order valence-electron chi connectivity index (χ4n) is 3.69. The third-order valence-corrected chi connectivity index (χ3v) is 4.97. The van der Waals surface area contributed by atoms with Crippen LogP contribution in [0.4, 0.5) is 5.82 Å². The zero-order valence-corrected chi connectivity index (χ0v) is 16.3. The molecule has 1 aliphatic rings. The summed E-state index contributed by atoms with van der Waals surface area (Å²) in [6.07, 6.45) is 3.72. The first-order valence-electron chi connectivity index (χ1n) is 9.53. The van der Waals surface area contributed by atoms with Gasteiger partial charge in [-0.1, -0.05) is 13.3 Å². The average molecular weight is 370 g/mol. The molecular weight excluding hydrogens is 344 g/mol. The molecule has 0 saturated heterocycles. The van der Waals surface area contributed by atoms with Gasteiger partial charge in [0.05, 0.1) is 29.4 Å². The minimum Gasteiger partial charge on any atom is -0.432 e. The lowest BCUT2D eigenvalue weighted by atomic mass is 9.88. The van der Waals surface area contributed by atoms with Crippen LogP contribution in [0, 0.1) is 0 Å². The van der Waals surface area contributed by atoms with Crippen molar-refractivity contribution in [3.63, 3.8) is 0 Å². The predicted molar refractivity (Wildman–Crippen MR) is 104 cm³/mol. The predicted octanol–water partition coefficient (Wildman–Crippen LogP) is 3.37. The number of aliphatic hydroxyl groups excluding tert-OH is 1. The van der Waals surface area contributed by atoms with Crippen molar-refractivity contribution < 1.29 is 14.3 Å². The van der Waals surface area contributed by atoms with E-state index in [1.54, 1.807) is 6.92 Å². The van der Waals surface area contributed by atoms with Crippen molar-refractivity contribution in [1.82, 2.24) is 15.0 Å². The van der Waals surface area contributed by atoms with Crippen molar-refractivity contribution >= 4 is 28.0 Å². The largest absolute Gasteiger partial charge is 0.432 e. The van der Waals surface area contributed by atoms with Gasteiger partial charge in [0.15, 0.2) is 11.4 Å². The van der Waals surface area contributed by atoms with E-state index in [9.17, 15) is 5.11 Å². The van der Waals surface area contributed by atoms with E-state index >= 15 is 0 Å². The minimum absolute atomic E-state index is 0.241. The number of furan rings is 1. The standard InChI is InChI=1S/C20H26N4O3/c1-5-6-14-13-9-26-20(3,4)7-12(13)15-16-17(27-19(15)24-14)18(23-10-22-16)21-8-11(2)25/h10-11,25H,5-9H2,1-4H3,(H,21,22,23). The van der Waals surface area contributed by atoms with Crippen LogP contribution in [0.3, 0.4) is 0 Å². The smallest absolute Gasteiger partial charge is 0.229 e. The van der Waals surface area contributed by atoms with Crippen LogP contribution in [0.15, 0.2) is 10.7 Å². The maximum absolute atomic E-state index is 9.57. The summed E-state index contributed by atoms with van der Waals surface area (Å²) in [5.74, 6) is 0.580. The van der Waals surface area contributed by atoms with Gasteiger partial charge >= 0.3 is 0 Å². The first-order valence-corrected chi connectivity index (χ1v) is 9.53. The Morgan fingerprint density at radius 1 is 1.30 bits per heavy atom. The van der Waals surface area contributed by atoms with Crippen LogP contribution in [0.1, 0.15) is 50.9 Å². The summed E-state index contributed by atoms with van der Waals surface area (Å²) in [4.78, 5) is 13.6. The van der Waals surface area contributed by atoms with Crippen molar-refractivity contribution in [2.45, 2.75) is 65.3 Å². The summed E-state index contributed by atoms with van der Waals surface area (Å²) >= 11 is 0. The highest BCUT2D eigenvalue weighted by Gasteiger charge is 2.32. The molecule has 4 rings (SSSR count). The van der Waals surface area contributed by atoms with Crippen LogP contribution >= 0.6 is 0 Å². The molecule has 2 N–H and O–H groups in total. The Morgan fingerprint density at radius 3 is 2.85 bits per heavy atom. The maximum atomic E-state index is 9.57. The van der Waals surface area contributed by atoms with Crippen LogP contribution in [0.5, 0.6) is 0 Å². The lowest BCUT2D eigenvalue weighted by Crippen LogP contribution is -2.32. The SMILES string of the molecule is CCCc1nc2oc3c(NCC(C)O)ncnc3c2c2c1COC(C)(C)C2. The van der Waals surface area contributed by atoms with Gasteiger partial charge in [-0.2, -0.15) is 0 Å². The van der Waals surface area contributed by atoms with Crippen LogP contribution in [-0.2, 0) is 24.2 Å². The third kappa shape index (κ3) is 3.26. The number of pyridine rings is 1. The molecule has 1 unspecified atom stereocenters. The summed E-state index contributed by atoms with van der Waals surface area (Å²) in [5.41, 5.74) is 5.14. The molecular formula is C20H26N4O3. The molecule has 27 heavy (non-hydrogen) atoms. The topological polar surface area (TPSA) is 93.3 Å². The van der Waals surface area contributed by atoms with E-state index in [1.807, 2.05) is 0 Å². The number of ether oxygens (including phenoxy) is 1. The Morgan fingerprint density at radius 2 is 2.11 bits per heavy atom. The van der Waals surface area contributed by atoms with E-state index in [0.717, 1.165) is 35.9 Å². The van der Waals surface area contributed by atoms with Crippen molar-refractivity contribution in [3.8, 4) is 0 Å². The van der Waals surface area contributed by atoms with E-state index in [-0.39, 0.29) is 5.60 Å². The van der Waals surface area contributed by atoms with Crippen LogP contribution < -0.4 is 5.32 Å². The molecule has 3 aromatic heterocycles. The number of aromatic nitrogens is 3. The van der Waals surface area contributed by atoms with Gasteiger partial charge in [-0.05, 0) is 32.8 Å². The zero-order chi connectivity index (χ0) is 19.2.